The van der Waals surface area contributed by atoms with E-state index in [0.717, 1.165) is 12.8 Å². The van der Waals surface area contributed by atoms with E-state index in [1.165, 1.54) is 0 Å². The summed E-state index contributed by atoms with van der Waals surface area (Å²) < 4.78 is 25.5. The van der Waals surface area contributed by atoms with Crippen LogP contribution < -0.4 is 5.32 Å². The normalized spacial score (nSPS) is 27.3. The maximum atomic E-state index is 12.8. The van der Waals surface area contributed by atoms with E-state index in [0.29, 0.717) is 12.8 Å². The molecular formula is C10H15F2NO. The number of halogens is 2. The van der Waals surface area contributed by atoms with Gasteiger partial charge in [0, 0.05) is 24.8 Å². The van der Waals surface area contributed by atoms with Crippen molar-refractivity contribution in [2.45, 2.75) is 50.5 Å². The summed E-state index contributed by atoms with van der Waals surface area (Å²) in [6.45, 7) is 0. The van der Waals surface area contributed by atoms with Crippen LogP contribution >= 0.6 is 0 Å². The van der Waals surface area contributed by atoms with Gasteiger partial charge in [0.25, 0.3) is 0 Å². The van der Waals surface area contributed by atoms with Crippen molar-refractivity contribution in [1.29, 1.82) is 0 Å². The first-order chi connectivity index (χ1) is 6.57. The van der Waals surface area contributed by atoms with Crippen LogP contribution in [0.2, 0.25) is 0 Å². The standard InChI is InChI=1S/C10H15F2NO/c11-10(12)5-3-8(4-6-10)13-9(14)7-1-2-7/h7-8H,1-6H2,(H,13,14). The van der Waals surface area contributed by atoms with Crippen molar-refractivity contribution < 1.29 is 13.6 Å². The SMILES string of the molecule is O=C(NC1CCC(F)(F)CC1)C1CC1. The van der Waals surface area contributed by atoms with E-state index in [1.54, 1.807) is 0 Å². The fourth-order valence-corrected chi connectivity index (χ4v) is 1.85. The molecule has 0 heterocycles. The highest BCUT2D eigenvalue weighted by molar-refractivity contribution is 5.81. The van der Waals surface area contributed by atoms with E-state index in [4.69, 9.17) is 0 Å². The van der Waals surface area contributed by atoms with Crippen molar-refractivity contribution in [3.05, 3.63) is 0 Å². The molecule has 2 nitrogen and oxygen atoms in total. The van der Waals surface area contributed by atoms with E-state index in [1.807, 2.05) is 0 Å². The first-order valence-electron chi connectivity index (χ1n) is 5.25. The number of alkyl halides is 2. The third-order valence-electron chi connectivity index (χ3n) is 3.01. The zero-order valence-electron chi connectivity index (χ0n) is 8.06. The molecule has 2 fully saturated rings. The fraction of sp³-hybridized carbons (Fsp3) is 0.900. The fourth-order valence-electron chi connectivity index (χ4n) is 1.85. The van der Waals surface area contributed by atoms with Crippen molar-refractivity contribution in [2.75, 3.05) is 0 Å². The van der Waals surface area contributed by atoms with Gasteiger partial charge < -0.3 is 5.32 Å². The van der Waals surface area contributed by atoms with Crippen molar-refractivity contribution in [3.63, 3.8) is 0 Å². The van der Waals surface area contributed by atoms with Crippen LogP contribution in [0, 0.1) is 5.92 Å². The van der Waals surface area contributed by atoms with Gasteiger partial charge in [-0.2, -0.15) is 0 Å². The Balaban J connectivity index is 1.75. The van der Waals surface area contributed by atoms with Gasteiger partial charge in [-0.25, -0.2) is 8.78 Å². The Hall–Kier alpha value is -0.670. The Morgan fingerprint density at radius 1 is 1.14 bits per heavy atom. The summed E-state index contributed by atoms with van der Waals surface area (Å²) in [6, 6.07) is -0.0114. The van der Waals surface area contributed by atoms with Gasteiger partial charge in [0.1, 0.15) is 0 Å². The smallest absolute Gasteiger partial charge is 0.248 e. The van der Waals surface area contributed by atoms with E-state index in [9.17, 15) is 13.6 Å². The Kier molecular flexibility index (Phi) is 2.45. The minimum atomic E-state index is -2.50. The molecule has 80 valence electrons. The molecule has 2 rings (SSSR count). The Bertz CT molecular complexity index is 228. The summed E-state index contributed by atoms with van der Waals surface area (Å²) in [6.07, 6.45) is 2.62. The van der Waals surface area contributed by atoms with Gasteiger partial charge in [-0.1, -0.05) is 0 Å². The number of carbonyl (C=O) groups is 1. The molecule has 14 heavy (non-hydrogen) atoms. The van der Waals surface area contributed by atoms with Gasteiger partial charge in [0.2, 0.25) is 11.8 Å². The first-order valence-corrected chi connectivity index (χ1v) is 5.25. The minimum absolute atomic E-state index is 0.0114. The lowest BCUT2D eigenvalue weighted by Gasteiger charge is -2.28. The lowest BCUT2D eigenvalue weighted by molar-refractivity contribution is -0.124. The van der Waals surface area contributed by atoms with Crippen LogP contribution in [0.3, 0.4) is 0 Å². The maximum absolute atomic E-state index is 12.8. The molecule has 0 aromatic heterocycles. The zero-order valence-corrected chi connectivity index (χ0v) is 8.06. The third kappa shape index (κ3) is 2.42. The quantitative estimate of drug-likeness (QED) is 0.731. The number of carbonyl (C=O) groups excluding carboxylic acids is 1. The molecule has 0 aromatic rings. The number of hydrogen-bond acceptors (Lipinski definition) is 1. The van der Waals surface area contributed by atoms with Crippen LogP contribution in [0.1, 0.15) is 38.5 Å². The van der Waals surface area contributed by atoms with Gasteiger partial charge in [-0.05, 0) is 25.7 Å². The van der Waals surface area contributed by atoms with Crippen molar-refractivity contribution in [1.82, 2.24) is 5.32 Å². The van der Waals surface area contributed by atoms with E-state index >= 15 is 0 Å². The number of hydrogen-bond donors (Lipinski definition) is 1. The molecule has 0 unspecified atom stereocenters. The second-order valence-corrected chi connectivity index (χ2v) is 4.41. The maximum Gasteiger partial charge on any atom is 0.248 e. The average Bonchev–Trinajstić information content (AvgIpc) is 2.91. The predicted molar refractivity (Wildman–Crippen MR) is 48.1 cm³/mol. The Labute approximate surface area is 82.1 Å². The van der Waals surface area contributed by atoms with E-state index < -0.39 is 5.92 Å². The Morgan fingerprint density at radius 3 is 2.21 bits per heavy atom. The summed E-state index contributed by atoms with van der Waals surface area (Å²) in [5, 5.41) is 2.85. The van der Waals surface area contributed by atoms with Gasteiger partial charge in [0.05, 0.1) is 0 Å². The van der Waals surface area contributed by atoms with Gasteiger partial charge >= 0.3 is 0 Å². The molecule has 0 aromatic carbocycles. The van der Waals surface area contributed by atoms with Gasteiger partial charge in [-0.3, -0.25) is 4.79 Å². The largest absolute Gasteiger partial charge is 0.353 e. The second kappa shape index (κ2) is 3.48. The molecule has 4 heteroatoms. The molecule has 0 atom stereocenters. The molecule has 0 radical (unpaired) electrons. The molecule has 1 N–H and O–H groups in total. The zero-order chi connectivity index (χ0) is 10.2. The van der Waals surface area contributed by atoms with Crippen LogP contribution in [0.5, 0.6) is 0 Å². The highest BCUT2D eigenvalue weighted by atomic mass is 19.3. The summed E-state index contributed by atoms with van der Waals surface area (Å²) in [4.78, 5) is 11.3. The molecule has 0 saturated heterocycles. The number of nitrogens with one attached hydrogen (secondary N) is 1. The van der Waals surface area contributed by atoms with Gasteiger partial charge in [0.15, 0.2) is 0 Å². The van der Waals surface area contributed by atoms with Crippen molar-refractivity contribution in [2.24, 2.45) is 5.92 Å². The van der Waals surface area contributed by atoms with Crippen LogP contribution in [-0.4, -0.2) is 17.9 Å². The van der Waals surface area contributed by atoms with E-state index in [-0.39, 0.29) is 30.7 Å². The summed E-state index contributed by atoms with van der Waals surface area (Å²) in [5.41, 5.74) is 0. The summed E-state index contributed by atoms with van der Waals surface area (Å²) in [7, 11) is 0. The lowest BCUT2D eigenvalue weighted by atomic mass is 9.92. The molecular weight excluding hydrogens is 188 g/mol. The number of rotatable bonds is 2. The molecule has 0 aliphatic heterocycles. The van der Waals surface area contributed by atoms with Crippen LogP contribution in [0.4, 0.5) is 8.78 Å². The van der Waals surface area contributed by atoms with E-state index in [2.05, 4.69) is 5.32 Å². The predicted octanol–water partition coefficient (Wildman–Crippen LogP) is 2.09. The molecule has 2 aliphatic carbocycles. The Morgan fingerprint density at radius 2 is 1.71 bits per heavy atom. The summed E-state index contributed by atoms with van der Waals surface area (Å²) >= 11 is 0. The lowest BCUT2D eigenvalue weighted by Crippen LogP contribution is -2.40. The third-order valence-corrected chi connectivity index (χ3v) is 3.01. The van der Waals surface area contributed by atoms with Crippen molar-refractivity contribution in [3.8, 4) is 0 Å². The molecule has 2 saturated carbocycles. The molecule has 0 spiro atoms. The molecule has 0 bridgehead atoms. The topological polar surface area (TPSA) is 29.1 Å². The van der Waals surface area contributed by atoms with Crippen molar-refractivity contribution >= 4 is 5.91 Å². The monoisotopic (exact) mass is 203 g/mol. The molecule has 2 aliphatic rings. The average molecular weight is 203 g/mol. The highest BCUT2D eigenvalue weighted by Crippen LogP contribution is 2.34. The minimum Gasteiger partial charge on any atom is -0.353 e. The number of amides is 1. The van der Waals surface area contributed by atoms with Crippen LogP contribution in [0.15, 0.2) is 0 Å². The summed E-state index contributed by atoms with van der Waals surface area (Å²) in [5.74, 6) is -2.25. The van der Waals surface area contributed by atoms with Crippen LogP contribution in [0.25, 0.3) is 0 Å². The van der Waals surface area contributed by atoms with Gasteiger partial charge in [-0.15, -0.1) is 0 Å². The highest BCUT2D eigenvalue weighted by Gasteiger charge is 2.37. The second-order valence-electron chi connectivity index (χ2n) is 4.41. The van der Waals surface area contributed by atoms with Crippen LogP contribution in [-0.2, 0) is 4.79 Å². The molecule has 1 amide bonds. The first kappa shape index (κ1) is 9.87.